The molecule has 1 aromatic carbocycles. The summed E-state index contributed by atoms with van der Waals surface area (Å²) in [6, 6.07) is 10.7. The highest BCUT2D eigenvalue weighted by atomic mass is 32.1. The summed E-state index contributed by atoms with van der Waals surface area (Å²) in [4.78, 5) is 16.9. The number of piperazine rings is 1. The Kier molecular flexibility index (Phi) is 7.04. The minimum atomic E-state index is 0.619. The first-order valence-corrected chi connectivity index (χ1v) is 11.9. The zero-order valence-corrected chi connectivity index (χ0v) is 18.9. The van der Waals surface area contributed by atoms with Crippen molar-refractivity contribution in [2.45, 2.75) is 26.7 Å². The normalized spacial score (nSPS) is 20.1. The molecule has 0 bridgehead atoms. The van der Waals surface area contributed by atoms with Gasteiger partial charge in [0.2, 0.25) is 5.13 Å². The molecule has 0 radical (unpaired) electrons. The Morgan fingerprint density at radius 2 is 1.90 bits per heavy atom. The Morgan fingerprint density at radius 3 is 2.60 bits per heavy atom. The second kappa shape index (κ2) is 10.1. The van der Waals surface area contributed by atoms with Crippen LogP contribution in [0.4, 0.5) is 10.8 Å². The zero-order valence-electron chi connectivity index (χ0n) is 18.1. The highest BCUT2D eigenvalue weighted by molar-refractivity contribution is 7.09. The van der Waals surface area contributed by atoms with Crippen LogP contribution in [-0.4, -0.2) is 72.6 Å². The average Bonchev–Trinajstić information content (AvgIpc) is 3.47. The van der Waals surface area contributed by atoms with Gasteiger partial charge in [0.05, 0.1) is 0 Å². The number of aliphatic imine (C=N–C) groups is 1. The summed E-state index contributed by atoms with van der Waals surface area (Å²) in [5.74, 6) is 2.63. The lowest BCUT2D eigenvalue weighted by Crippen LogP contribution is -2.52. The molecule has 2 aliphatic rings. The van der Waals surface area contributed by atoms with E-state index in [1.807, 2.05) is 0 Å². The summed E-state index contributed by atoms with van der Waals surface area (Å²) >= 11 is 1.52. The Labute approximate surface area is 184 Å². The van der Waals surface area contributed by atoms with E-state index >= 15 is 0 Å². The quantitative estimate of drug-likeness (QED) is 0.565. The van der Waals surface area contributed by atoms with Crippen LogP contribution in [0.25, 0.3) is 0 Å². The van der Waals surface area contributed by atoms with E-state index in [1.165, 1.54) is 23.6 Å². The molecular weight excluding hydrogens is 394 g/mol. The van der Waals surface area contributed by atoms with Gasteiger partial charge in [0.15, 0.2) is 5.96 Å². The fraction of sp³-hybridized carbons (Fsp3) is 0.591. The van der Waals surface area contributed by atoms with Gasteiger partial charge in [0.1, 0.15) is 5.82 Å². The second-order valence-corrected chi connectivity index (χ2v) is 8.68. The van der Waals surface area contributed by atoms with E-state index in [-0.39, 0.29) is 0 Å². The maximum Gasteiger partial charge on any atom is 0.205 e. The van der Waals surface area contributed by atoms with Gasteiger partial charge in [-0.2, -0.15) is 4.37 Å². The molecule has 30 heavy (non-hydrogen) atoms. The van der Waals surface area contributed by atoms with E-state index in [0.29, 0.717) is 5.92 Å². The predicted octanol–water partition coefficient (Wildman–Crippen LogP) is 2.71. The van der Waals surface area contributed by atoms with Gasteiger partial charge in [-0.15, -0.1) is 0 Å². The van der Waals surface area contributed by atoms with E-state index in [4.69, 9.17) is 4.99 Å². The first-order valence-electron chi connectivity index (χ1n) is 11.2. The van der Waals surface area contributed by atoms with E-state index in [0.717, 1.165) is 75.7 Å². The van der Waals surface area contributed by atoms with E-state index in [1.54, 1.807) is 0 Å². The average molecular weight is 428 g/mol. The summed E-state index contributed by atoms with van der Waals surface area (Å²) in [6.07, 6.45) is 2.11. The molecule has 2 saturated heterocycles. The lowest BCUT2D eigenvalue weighted by Gasteiger charge is -2.36. The summed E-state index contributed by atoms with van der Waals surface area (Å²) in [5, 5.41) is 4.56. The molecule has 1 N–H and O–H groups in total. The van der Waals surface area contributed by atoms with Crippen molar-refractivity contribution in [1.82, 2.24) is 19.6 Å². The number of hydrogen-bond donors (Lipinski definition) is 1. The molecule has 1 aromatic heterocycles. The number of nitrogens with zero attached hydrogens (tertiary/aromatic N) is 6. The lowest BCUT2D eigenvalue weighted by atomic mass is 10.1. The third kappa shape index (κ3) is 5.03. The molecule has 162 valence electrons. The molecule has 4 rings (SSSR count). The first-order chi connectivity index (χ1) is 14.8. The first kappa shape index (κ1) is 20.9. The largest absolute Gasteiger partial charge is 0.371 e. The van der Waals surface area contributed by atoms with Gasteiger partial charge in [-0.3, -0.25) is 4.99 Å². The number of anilines is 2. The molecule has 2 aromatic rings. The Morgan fingerprint density at radius 1 is 1.10 bits per heavy atom. The maximum atomic E-state index is 5.02. The predicted molar refractivity (Wildman–Crippen MR) is 126 cm³/mol. The summed E-state index contributed by atoms with van der Waals surface area (Å²) < 4.78 is 4.43. The molecule has 0 spiro atoms. The molecular formula is C22H33N7S. The lowest BCUT2D eigenvalue weighted by molar-refractivity contribution is 0.371. The van der Waals surface area contributed by atoms with E-state index in [9.17, 15) is 0 Å². The number of nitrogens with one attached hydrogen (secondary N) is 1. The van der Waals surface area contributed by atoms with Gasteiger partial charge in [-0.25, -0.2) is 4.98 Å². The number of guanidine groups is 1. The molecule has 0 amide bonds. The molecule has 1 unspecified atom stereocenters. The van der Waals surface area contributed by atoms with Gasteiger partial charge < -0.3 is 20.0 Å². The van der Waals surface area contributed by atoms with Crippen molar-refractivity contribution in [3.63, 3.8) is 0 Å². The Hall–Kier alpha value is -2.35. The molecule has 2 aliphatic heterocycles. The smallest absolute Gasteiger partial charge is 0.205 e. The molecule has 0 saturated carbocycles. The molecule has 3 heterocycles. The minimum absolute atomic E-state index is 0.619. The fourth-order valence-electron chi connectivity index (χ4n) is 4.12. The van der Waals surface area contributed by atoms with Crippen LogP contribution in [0.15, 0.2) is 35.3 Å². The van der Waals surface area contributed by atoms with Crippen molar-refractivity contribution < 1.29 is 0 Å². The molecule has 0 aliphatic carbocycles. The SMILES string of the molecule is CCNC(=NCC1CCN(c2ccccc2)C1)N1CCN(c2nc(CC)ns2)CC1. The van der Waals surface area contributed by atoms with Crippen molar-refractivity contribution in [3.8, 4) is 0 Å². The number of hydrogen-bond acceptors (Lipinski definition) is 6. The third-order valence-electron chi connectivity index (χ3n) is 5.86. The topological polar surface area (TPSA) is 59.9 Å². The van der Waals surface area contributed by atoms with Gasteiger partial charge in [-0.1, -0.05) is 25.1 Å². The van der Waals surface area contributed by atoms with Crippen LogP contribution in [0, 0.1) is 5.92 Å². The van der Waals surface area contributed by atoms with Crippen LogP contribution in [0.3, 0.4) is 0 Å². The van der Waals surface area contributed by atoms with Crippen LogP contribution in [0.5, 0.6) is 0 Å². The van der Waals surface area contributed by atoms with Gasteiger partial charge in [0.25, 0.3) is 0 Å². The summed E-state index contributed by atoms with van der Waals surface area (Å²) in [7, 11) is 0. The number of benzene rings is 1. The number of aryl methyl sites for hydroxylation is 1. The Balaban J connectivity index is 1.31. The van der Waals surface area contributed by atoms with Crippen LogP contribution in [0.2, 0.25) is 0 Å². The van der Waals surface area contributed by atoms with Crippen molar-refractivity contribution in [3.05, 3.63) is 36.2 Å². The second-order valence-electron chi connectivity index (χ2n) is 7.95. The van der Waals surface area contributed by atoms with Gasteiger partial charge >= 0.3 is 0 Å². The van der Waals surface area contributed by atoms with Crippen LogP contribution in [-0.2, 0) is 6.42 Å². The fourth-order valence-corrected chi connectivity index (χ4v) is 4.92. The van der Waals surface area contributed by atoms with Crippen molar-refractivity contribution in [2.24, 2.45) is 10.9 Å². The third-order valence-corrected chi connectivity index (χ3v) is 6.68. The molecule has 7 nitrogen and oxygen atoms in total. The van der Waals surface area contributed by atoms with E-state index in [2.05, 4.69) is 73.6 Å². The zero-order chi connectivity index (χ0) is 20.8. The maximum absolute atomic E-state index is 5.02. The van der Waals surface area contributed by atoms with E-state index < -0.39 is 0 Å². The van der Waals surface area contributed by atoms with Crippen molar-refractivity contribution >= 4 is 28.3 Å². The highest BCUT2D eigenvalue weighted by Crippen LogP contribution is 2.24. The highest BCUT2D eigenvalue weighted by Gasteiger charge is 2.25. The van der Waals surface area contributed by atoms with Crippen molar-refractivity contribution in [2.75, 3.05) is 62.2 Å². The standard InChI is InChI=1S/C22H33N7S/c1-3-20-25-22(30-26-20)28-14-12-27(13-15-28)21(23-4-2)24-16-18-10-11-29(17-18)19-8-6-5-7-9-19/h5-9,18H,3-4,10-17H2,1-2H3,(H,23,24). The summed E-state index contributed by atoms with van der Waals surface area (Å²) in [6.45, 7) is 12.1. The van der Waals surface area contributed by atoms with Crippen molar-refractivity contribution in [1.29, 1.82) is 0 Å². The number of aromatic nitrogens is 2. The number of para-hydroxylation sites is 1. The molecule has 8 heteroatoms. The van der Waals surface area contributed by atoms with Gasteiger partial charge in [0, 0.05) is 76.0 Å². The Bertz CT molecular complexity index is 814. The van der Waals surface area contributed by atoms with Crippen LogP contribution >= 0.6 is 11.5 Å². The van der Waals surface area contributed by atoms with Crippen LogP contribution < -0.4 is 15.1 Å². The molecule has 1 atom stereocenters. The number of rotatable bonds is 6. The minimum Gasteiger partial charge on any atom is -0.371 e. The summed E-state index contributed by atoms with van der Waals surface area (Å²) in [5.41, 5.74) is 1.33. The van der Waals surface area contributed by atoms with Crippen LogP contribution in [0.1, 0.15) is 26.1 Å². The monoisotopic (exact) mass is 427 g/mol. The van der Waals surface area contributed by atoms with Gasteiger partial charge in [-0.05, 0) is 31.4 Å². The molecule has 2 fully saturated rings.